The zero-order valence-corrected chi connectivity index (χ0v) is 11.5. The van der Waals surface area contributed by atoms with E-state index in [0.717, 1.165) is 21.9 Å². The van der Waals surface area contributed by atoms with Crippen molar-refractivity contribution in [3.8, 4) is 12.3 Å². The van der Waals surface area contributed by atoms with Gasteiger partial charge in [-0.2, -0.15) is 4.31 Å². The Hall–Kier alpha value is -1.35. The standard InChI is InChI=1S/C13H18N2O2S/c1-4-8-15(3)18(16,17)13-7-6-11(5-2)12(9-13)10-14/h1,6-7,9H,5,8,10,14H2,2-3H3. The van der Waals surface area contributed by atoms with Crippen LogP contribution in [0.2, 0.25) is 0 Å². The second kappa shape index (κ2) is 6.01. The van der Waals surface area contributed by atoms with Crippen LogP contribution in [0.25, 0.3) is 0 Å². The fourth-order valence-corrected chi connectivity index (χ4v) is 2.83. The summed E-state index contributed by atoms with van der Waals surface area (Å²) in [5, 5.41) is 0. The van der Waals surface area contributed by atoms with Gasteiger partial charge in [0.15, 0.2) is 0 Å². The molecule has 2 N–H and O–H groups in total. The molecule has 0 atom stereocenters. The zero-order chi connectivity index (χ0) is 13.8. The van der Waals surface area contributed by atoms with Gasteiger partial charge in [-0.3, -0.25) is 0 Å². The fraction of sp³-hybridized carbons (Fsp3) is 0.385. The summed E-state index contributed by atoms with van der Waals surface area (Å²) in [5.74, 6) is 2.32. The van der Waals surface area contributed by atoms with Crippen molar-refractivity contribution >= 4 is 10.0 Å². The summed E-state index contributed by atoms with van der Waals surface area (Å²) >= 11 is 0. The van der Waals surface area contributed by atoms with Crippen molar-refractivity contribution in [1.29, 1.82) is 0 Å². The number of hydrogen-bond donors (Lipinski definition) is 1. The third-order valence-corrected chi connectivity index (χ3v) is 4.60. The monoisotopic (exact) mass is 266 g/mol. The van der Waals surface area contributed by atoms with Crippen LogP contribution < -0.4 is 5.73 Å². The number of rotatable bonds is 5. The van der Waals surface area contributed by atoms with E-state index in [1.54, 1.807) is 18.2 Å². The summed E-state index contributed by atoms with van der Waals surface area (Å²) < 4.78 is 25.5. The highest BCUT2D eigenvalue weighted by Crippen LogP contribution is 2.19. The maximum Gasteiger partial charge on any atom is 0.243 e. The first-order valence-electron chi connectivity index (χ1n) is 5.69. The van der Waals surface area contributed by atoms with Gasteiger partial charge in [-0.1, -0.05) is 18.9 Å². The van der Waals surface area contributed by atoms with E-state index in [0.29, 0.717) is 6.54 Å². The smallest absolute Gasteiger partial charge is 0.243 e. The number of nitrogens with zero attached hydrogens (tertiary/aromatic N) is 1. The van der Waals surface area contributed by atoms with E-state index in [1.165, 1.54) is 7.05 Å². The summed E-state index contributed by atoms with van der Waals surface area (Å²) in [6.07, 6.45) is 5.96. The number of terminal acetylenes is 1. The first-order valence-corrected chi connectivity index (χ1v) is 7.13. The molecule has 0 radical (unpaired) electrons. The molecule has 0 unspecified atom stereocenters. The number of benzene rings is 1. The van der Waals surface area contributed by atoms with E-state index in [4.69, 9.17) is 12.2 Å². The molecule has 0 saturated heterocycles. The van der Waals surface area contributed by atoms with E-state index >= 15 is 0 Å². The molecule has 1 rings (SSSR count). The van der Waals surface area contributed by atoms with E-state index < -0.39 is 10.0 Å². The Balaban J connectivity index is 3.22. The number of aryl methyl sites for hydroxylation is 1. The Morgan fingerprint density at radius 1 is 1.39 bits per heavy atom. The van der Waals surface area contributed by atoms with Gasteiger partial charge in [0.2, 0.25) is 10.0 Å². The van der Waals surface area contributed by atoms with Gasteiger partial charge < -0.3 is 5.73 Å². The lowest BCUT2D eigenvalue weighted by Gasteiger charge is -2.16. The predicted octanol–water partition coefficient (Wildman–Crippen LogP) is 0.961. The van der Waals surface area contributed by atoms with Gasteiger partial charge in [-0.25, -0.2) is 8.42 Å². The van der Waals surface area contributed by atoms with Crippen molar-refractivity contribution < 1.29 is 8.42 Å². The molecule has 18 heavy (non-hydrogen) atoms. The number of sulfonamides is 1. The predicted molar refractivity (Wildman–Crippen MR) is 72.4 cm³/mol. The fourth-order valence-electron chi connectivity index (χ4n) is 1.69. The van der Waals surface area contributed by atoms with E-state index in [2.05, 4.69) is 5.92 Å². The van der Waals surface area contributed by atoms with Crippen LogP contribution >= 0.6 is 0 Å². The minimum Gasteiger partial charge on any atom is -0.326 e. The van der Waals surface area contributed by atoms with Crippen molar-refractivity contribution in [2.45, 2.75) is 24.8 Å². The average molecular weight is 266 g/mol. The first-order chi connectivity index (χ1) is 8.47. The van der Waals surface area contributed by atoms with Gasteiger partial charge >= 0.3 is 0 Å². The molecular weight excluding hydrogens is 248 g/mol. The van der Waals surface area contributed by atoms with Gasteiger partial charge in [-0.15, -0.1) is 6.42 Å². The average Bonchev–Trinajstić information content (AvgIpc) is 2.38. The second-order valence-corrected chi connectivity index (χ2v) is 6.00. The SMILES string of the molecule is C#CCN(C)S(=O)(=O)c1ccc(CC)c(CN)c1. The lowest BCUT2D eigenvalue weighted by molar-refractivity contribution is 0.503. The second-order valence-electron chi connectivity index (χ2n) is 3.95. The van der Waals surface area contributed by atoms with Crippen LogP contribution in [0.15, 0.2) is 23.1 Å². The third kappa shape index (κ3) is 2.91. The summed E-state index contributed by atoms with van der Waals surface area (Å²) in [4.78, 5) is 0.234. The van der Waals surface area contributed by atoms with Crippen LogP contribution in [0.3, 0.4) is 0 Å². The molecule has 0 aliphatic heterocycles. The Morgan fingerprint density at radius 3 is 2.56 bits per heavy atom. The van der Waals surface area contributed by atoms with E-state index in [1.807, 2.05) is 6.92 Å². The largest absolute Gasteiger partial charge is 0.326 e. The molecule has 1 aromatic carbocycles. The minimum atomic E-state index is -3.52. The molecule has 0 aliphatic rings. The Kier molecular flexibility index (Phi) is 4.91. The molecule has 0 spiro atoms. The van der Waals surface area contributed by atoms with Crippen LogP contribution in [0.4, 0.5) is 0 Å². The Labute approximate surface area is 109 Å². The molecule has 0 aromatic heterocycles. The maximum atomic E-state index is 12.2. The van der Waals surface area contributed by atoms with Gasteiger partial charge in [0.05, 0.1) is 11.4 Å². The van der Waals surface area contributed by atoms with Gasteiger partial charge in [0, 0.05) is 13.6 Å². The molecular formula is C13H18N2O2S. The van der Waals surface area contributed by atoms with Crippen LogP contribution in [0.5, 0.6) is 0 Å². The number of nitrogens with two attached hydrogens (primary N) is 1. The maximum absolute atomic E-state index is 12.2. The minimum absolute atomic E-state index is 0.0514. The van der Waals surface area contributed by atoms with Crippen molar-refractivity contribution in [3.63, 3.8) is 0 Å². The van der Waals surface area contributed by atoms with Crippen LogP contribution in [-0.2, 0) is 23.0 Å². The molecule has 0 fully saturated rings. The van der Waals surface area contributed by atoms with Gasteiger partial charge in [0.25, 0.3) is 0 Å². The molecule has 98 valence electrons. The van der Waals surface area contributed by atoms with E-state index in [9.17, 15) is 8.42 Å². The summed E-state index contributed by atoms with van der Waals surface area (Å²) in [6, 6.07) is 5.03. The van der Waals surface area contributed by atoms with Crippen LogP contribution in [-0.4, -0.2) is 26.3 Å². The lowest BCUT2D eigenvalue weighted by atomic mass is 10.1. The Bertz CT molecular complexity index is 559. The highest BCUT2D eigenvalue weighted by molar-refractivity contribution is 7.89. The molecule has 4 nitrogen and oxygen atoms in total. The third-order valence-electron chi connectivity index (χ3n) is 2.80. The molecule has 0 aliphatic carbocycles. The lowest BCUT2D eigenvalue weighted by Crippen LogP contribution is -2.27. The summed E-state index contributed by atoms with van der Waals surface area (Å²) in [5.41, 5.74) is 7.55. The molecule has 0 heterocycles. The molecule has 5 heteroatoms. The topological polar surface area (TPSA) is 63.4 Å². The molecule has 1 aromatic rings. The number of hydrogen-bond acceptors (Lipinski definition) is 3. The van der Waals surface area contributed by atoms with Crippen molar-refractivity contribution in [3.05, 3.63) is 29.3 Å². The normalized spacial score (nSPS) is 11.5. The highest BCUT2D eigenvalue weighted by atomic mass is 32.2. The summed E-state index contributed by atoms with van der Waals surface area (Å²) in [7, 11) is -2.06. The molecule has 0 amide bonds. The van der Waals surface area contributed by atoms with Gasteiger partial charge in [-0.05, 0) is 29.7 Å². The van der Waals surface area contributed by atoms with Crippen LogP contribution in [0.1, 0.15) is 18.1 Å². The van der Waals surface area contributed by atoms with Crippen molar-refractivity contribution in [2.75, 3.05) is 13.6 Å². The zero-order valence-electron chi connectivity index (χ0n) is 10.7. The summed E-state index contributed by atoms with van der Waals surface area (Å²) in [6.45, 7) is 2.38. The highest BCUT2D eigenvalue weighted by Gasteiger charge is 2.20. The molecule has 0 saturated carbocycles. The molecule has 0 bridgehead atoms. The van der Waals surface area contributed by atoms with Gasteiger partial charge in [0.1, 0.15) is 0 Å². The first kappa shape index (κ1) is 14.7. The van der Waals surface area contributed by atoms with Crippen LogP contribution in [0, 0.1) is 12.3 Å². The van der Waals surface area contributed by atoms with Crippen molar-refractivity contribution in [2.24, 2.45) is 5.73 Å². The van der Waals surface area contributed by atoms with Crippen molar-refractivity contribution in [1.82, 2.24) is 4.31 Å². The van der Waals surface area contributed by atoms with E-state index in [-0.39, 0.29) is 11.4 Å². The Morgan fingerprint density at radius 2 is 2.06 bits per heavy atom. The quantitative estimate of drug-likeness (QED) is 0.807.